The van der Waals surface area contributed by atoms with Crippen molar-refractivity contribution in [3.8, 4) is 0 Å². The van der Waals surface area contributed by atoms with Gasteiger partial charge in [0.2, 0.25) is 0 Å². The zero-order valence-corrected chi connectivity index (χ0v) is 56.9. The number of ether oxygens (including phenoxy) is 4. The van der Waals surface area contributed by atoms with Crippen LogP contribution in [0.1, 0.15) is 325 Å². The second-order valence-electron chi connectivity index (χ2n) is 25.1. The molecular weight excluding hydrogens is 1130 g/mol. The van der Waals surface area contributed by atoms with Crippen molar-refractivity contribution in [2.75, 3.05) is 39.6 Å². The summed E-state index contributed by atoms with van der Waals surface area (Å²) in [5.41, 5.74) is 0. The Hall–Kier alpha value is -1.94. The van der Waals surface area contributed by atoms with Gasteiger partial charge in [0.25, 0.3) is 0 Å². The van der Waals surface area contributed by atoms with Crippen molar-refractivity contribution in [2.24, 2.45) is 17.8 Å². The minimum Gasteiger partial charge on any atom is -0.462 e. The van der Waals surface area contributed by atoms with Gasteiger partial charge in [-0.05, 0) is 43.4 Å². The van der Waals surface area contributed by atoms with E-state index in [-0.39, 0.29) is 25.7 Å². The first-order valence-electron chi connectivity index (χ1n) is 34.4. The molecule has 0 fully saturated rings. The van der Waals surface area contributed by atoms with Crippen LogP contribution in [-0.2, 0) is 65.4 Å². The second kappa shape index (κ2) is 57.2. The fraction of sp³-hybridized carbons (Fsp3) is 0.939. The van der Waals surface area contributed by atoms with Crippen molar-refractivity contribution >= 4 is 39.5 Å². The summed E-state index contributed by atoms with van der Waals surface area (Å²) in [6.07, 6.45) is 39.1. The Balaban J connectivity index is 5.22. The predicted molar refractivity (Wildman–Crippen MR) is 340 cm³/mol. The molecule has 504 valence electrons. The molecule has 19 heteroatoms. The topological polar surface area (TPSA) is 237 Å². The highest BCUT2D eigenvalue weighted by Crippen LogP contribution is 2.45. The van der Waals surface area contributed by atoms with Crippen LogP contribution in [0.25, 0.3) is 0 Å². The number of esters is 4. The van der Waals surface area contributed by atoms with Crippen molar-refractivity contribution in [3.05, 3.63) is 0 Å². The van der Waals surface area contributed by atoms with E-state index in [4.69, 9.17) is 37.0 Å². The number of hydrogen-bond donors (Lipinski definition) is 3. The molecule has 0 spiro atoms. The number of carbonyl (C=O) groups is 4. The predicted octanol–water partition coefficient (Wildman–Crippen LogP) is 18.3. The lowest BCUT2D eigenvalue weighted by Crippen LogP contribution is -2.30. The van der Waals surface area contributed by atoms with Crippen molar-refractivity contribution in [1.82, 2.24) is 0 Å². The van der Waals surface area contributed by atoms with E-state index in [1.165, 1.54) is 128 Å². The Morgan fingerprint density at radius 2 is 0.600 bits per heavy atom. The highest BCUT2D eigenvalue weighted by atomic mass is 31.2. The molecule has 0 radical (unpaired) electrons. The van der Waals surface area contributed by atoms with E-state index in [0.29, 0.717) is 31.6 Å². The van der Waals surface area contributed by atoms with Gasteiger partial charge >= 0.3 is 39.5 Å². The molecule has 0 aromatic rings. The van der Waals surface area contributed by atoms with Gasteiger partial charge in [-0.3, -0.25) is 37.3 Å². The molecule has 0 saturated carbocycles. The van der Waals surface area contributed by atoms with E-state index in [2.05, 4.69) is 48.5 Å². The number of rotatable bonds is 64. The molecule has 0 aliphatic heterocycles. The van der Waals surface area contributed by atoms with Crippen molar-refractivity contribution < 1.29 is 80.2 Å². The summed E-state index contributed by atoms with van der Waals surface area (Å²) in [5, 5.41) is 10.5. The van der Waals surface area contributed by atoms with E-state index in [9.17, 15) is 43.2 Å². The average Bonchev–Trinajstić information content (AvgIpc) is 3.62. The Morgan fingerprint density at radius 3 is 0.894 bits per heavy atom. The Morgan fingerprint density at radius 1 is 0.341 bits per heavy atom. The van der Waals surface area contributed by atoms with Gasteiger partial charge in [-0.1, -0.05) is 273 Å². The lowest BCUT2D eigenvalue weighted by molar-refractivity contribution is -0.161. The quantitative estimate of drug-likeness (QED) is 0.0222. The van der Waals surface area contributed by atoms with Gasteiger partial charge in [0, 0.05) is 25.7 Å². The highest BCUT2D eigenvalue weighted by molar-refractivity contribution is 7.47. The van der Waals surface area contributed by atoms with Crippen LogP contribution in [-0.4, -0.2) is 96.7 Å². The van der Waals surface area contributed by atoms with Crippen molar-refractivity contribution in [1.29, 1.82) is 0 Å². The lowest BCUT2D eigenvalue weighted by atomic mass is 10.00. The van der Waals surface area contributed by atoms with Crippen LogP contribution in [0.3, 0.4) is 0 Å². The molecular formula is C66H128O17P2. The summed E-state index contributed by atoms with van der Waals surface area (Å²) >= 11 is 0. The number of phosphoric ester groups is 2. The van der Waals surface area contributed by atoms with Crippen molar-refractivity contribution in [3.63, 3.8) is 0 Å². The number of carbonyl (C=O) groups excluding carboxylic acids is 4. The van der Waals surface area contributed by atoms with Crippen molar-refractivity contribution in [2.45, 2.75) is 343 Å². The molecule has 0 aliphatic carbocycles. The molecule has 0 aromatic heterocycles. The number of aliphatic hydroxyl groups excluding tert-OH is 1. The third kappa shape index (κ3) is 59.5. The fourth-order valence-corrected chi connectivity index (χ4v) is 11.4. The molecule has 3 unspecified atom stereocenters. The Bertz CT molecular complexity index is 1680. The summed E-state index contributed by atoms with van der Waals surface area (Å²) < 4.78 is 68.0. The van der Waals surface area contributed by atoms with Crippen LogP contribution >= 0.6 is 15.6 Å². The van der Waals surface area contributed by atoms with Crippen LogP contribution in [0.15, 0.2) is 0 Å². The van der Waals surface area contributed by atoms with Crippen LogP contribution in [0.2, 0.25) is 0 Å². The molecule has 0 aliphatic rings. The number of hydrogen-bond acceptors (Lipinski definition) is 15. The zero-order chi connectivity index (χ0) is 63.1. The van der Waals surface area contributed by atoms with Gasteiger partial charge in [-0.15, -0.1) is 0 Å². The van der Waals surface area contributed by atoms with Crippen LogP contribution in [0, 0.1) is 17.8 Å². The van der Waals surface area contributed by atoms with Gasteiger partial charge in [-0.2, -0.15) is 0 Å². The summed E-state index contributed by atoms with van der Waals surface area (Å²) in [5.74, 6) is 0.0753. The molecule has 0 aromatic carbocycles. The van der Waals surface area contributed by atoms with E-state index in [1.807, 2.05) is 0 Å². The zero-order valence-electron chi connectivity index (χ0n) is 55.1. The lowest BCUT2D eigenvalue weighted by Gasteiger charge is -2.21. The molecule has 17 nitrogen and oxygen atoms in total. The summed E-state index contributed by atoms with van der Waals surface area (Å²) in [6, 6.07) is 0. The van der Waals surface area contributed by atoms with Gasteiger partial charge in [0.15, 0.2) is 12.2 Å². The Kier molecular flexibility index (Phi) is 55.9. The standard InChI is InChI=1S/C66H128O17P2/c1-8-10-11-12-13-19-25-33-40-47-63(68)76-54-62(83-66(71)50-43-36-29-28-32-39-46-59(7)9-2)56-81-85(74,75)79-52-60(67)51-78-84(72,73)80-55-61(53-77-64(69)48-41-34-27-22-24-31-38-45-58(5)6)82-65(70)49-42-35-26-21-18-16-14-15-17-20-23-30-37-44-57(3)4/h57-62,67H,8-56H2,1-7H3,(H,72,73)(H,74,75)/t59?,60-,61-,62-/m1/s1. The van der Waals surface area contributed by atoms with Crippen LogP contribution < -0.4 is 0 Å². The maximum atomic E-state index is 13.0. The fourth-order valence-electron chi connectivity index (χ4n) is 9.80. The van der Waals surface area contributed by atoms with Crippen LogP contribution in [0.5, 0.6) is 0 Å². The normalized spacial score (nSPS) is 14.6. The van der Waals surface area contributed by atoms with E-state index < -0.39 is 97.5 Å². The largest absolute Gasteiger partial charge is 0.472 e. The van der Waals surface area contributed by atoms with E-state index in [1.54, 1.807) is 0 Å². The molecule has 3 N–H and O–H groups in total. The third-order valence-electron chi connectivity index (χ3n) is 15.5. The monoisotopic (exact) mass is 1250 g/mol. The third-order valence-corrected chi connectivity index (χ3v) is 17.4. The number of aliphatic hydroxyl groups is 1. The average molecular weight is 1260 g/mol. The molecule has 85 heavy (non-hydrogen) atoms. The minimum absolute atomic E-state index is 0.103. The van der Waals surface area contributed by atoms with Gasteiger partial charge in [0.05, 0.1) is 26.4 Å². The highest BCUT2D eigenvalue weighted by Gasteiger charge is 2.30. The molecule has 0 saturated heterocycles. The van der Waals surface area contributed by atoms with Gasteiger partial charge < -0.3 is 33.8 Å². The van der Waals surface area contributed by atoms with Gasteiger partial charge in [0.1, 0.15) is 19.3 Å². The molecule has 6 atom stereocenters. The maximum absolute atomic E-state index is 13.0. The summed E-state index contributed by atoms with van der Waals surface area (Å²) in [4.78, 5) is 72.3. The Labute approximate surface area is 517 Å². The van der Waals surface area contributed by atoms with E-state index in [0.717, 1.165) is 108 Å². The number of unbranched alkanes of at least 4 members (excludes halogenated alkanes) is 31. The molecule has 0 heterocycles. The minimum atomic E-state index is -4.95. The first-order valence-corrected chi connectivity index (χ1v) is 37.4. The summed E-state index contributed by atoms with van der Waals surface area (Å²) in [6.45, 7) is 11.7. The molecule has 0 amide bonds. The maximum Gasteiger partial charge on any atom is 0.472 e. The number of phosphoric acid groups is 2. The first-order chi connectivity index (χ1) is 40.8. The summed E-state index contributed by atoms with van der Waals surface area (Å²) in [7, 11) is -9.89. The van der Waals surface area contributed by atoms with Gasteiger partial charge in [-0.25, -0.2) is 9.13 Å². The second-order valence-corrected chi connectivity index (χ2v) is 28.0. The smallest absolute Gasteiger partial charge is 0.462 e. The van der Waals surface area contributed by atoms with E-state index >= 15 is 0 Å². The SMILES string of the molecule is CCCCCCCCCCCC(=O)OC[C@H](COP(=O)(O)OC[C@H](O)COP(=O)(O)OC[C@@H](COC(=O)CCCCCCCCCC(C)C)OC(=O)CCCCCCCCCCCCCCCC(C)C)OC(=O)CCCCCCCCC(C)CC. The van der Waals surface area contributed by atoms with Crippen LogP contribution in [0.4, 0.5) is 0 Å². The first kappa shape index (κ1) is 83.1. The molecule has 0 rings (SSSR count). The molecule has 0 bridgehead atoms.